The maximum atomic E-state index is 12.5. The maximum absolute atomic E-state index is 12.5. The van der Waals surface area contributed by atoms with Crippen molar-refractivity contribution < 1.29 is 14.4 Å². The summed E-state index contributed by atoms with van der Waals surface area (Å²) in [5.74, 6) is -0.950. The fourth-order valence-corrected chi connectivity index (χ4v) is 3.03. The van der Waals surface area contributed by atoms with Gasteiger partial charge in [-0.05, 0) is 31.2 Å². The van der Waals surface area contributed by atoms with E-state index >= 15 is 0 Å². The van der Waals surface area contributed by atoms with Crippen molar-refractivity contribution in [2.24, 2.45) is 13.0 Å². The van der Waals surface area contributed by atoms with Crippen LogP contribution in [0.2, 0.25) is 0 Å². The van der Waals surface area contributed by atoms with Crippen LogP contribution in [0.3, 0.4) is 0 Å². The summed E-state index contributed by atoms with van der Waals surface area (Å²) in [5, 5.41) is 12.2. The van der Waals surface area contributed by atoms with Crippen LogP contribution in [0, 0.1) is 5.92 Å². The number of imide groups is 1. The molecule has 0 saturated carbocycles. The Kier molecular flexibility index (Phi) is 5.13. The Morgan fingerprint density at radius 1 is 1.35 bits per heavy atom. The zero-order chi connectivity index (χ0) is 18.7. The van der Waals surface area contributed by atoms with Crippen molar-refractivity contribution in [1.29, 1.82) is 0 Å². The second-order valence-electron chi connectivity index (χ2n) is 6.37. The van der Waals surface area contributed by atoms with Gasteiger partial charge in [-0.2, -0.15) is 5.10 Å². The number of rotatable bonds is 6. The van der Waals surface area contributed by atoms with Crippen molar-refractivity contribution in [2.75, 3.05) is 12.4 Å². The van der Waals surface area contributed by atoms with Crippen molar-refractivity contribution in [3.8, 4) is 0 Å². The molecule has 26 heavy (non-hydrogen) atoms. The molecule has 0 radical (unpaired) electrons. The van der Waals surface area contributed by atoms with Crippen LogP contribution in [-0.4, -0.2) is 34.5 Å². The minimum absolute atomic E-state index is 0.186. The number of likely N-dealkylation sites (N-methyl/N-ethyl adjacent to an activating group) is 1. The quantitative estimate of drug-likeness (QED) is 0.656. The van der Waals surface area contributed by atoms with Crippen LogP contribution >= 0.6 is 0 Å². The molecule has 1 saturated heterocycles. The average Bonchev–Trinajstić information content (AvgIpc) is 3.15. The summed E-state index contributed by atoms with van der Waals surface area (Å²) in [4.78, 5) is 35.4. The molecule has 1 aliphatic heterocycles. The summed E-state index contributed by atoms with van der Waals surface area (Å²) in [6, 6.07) is 6.78. The number of carbonyl (C=O) groups is 3. The predicted octanol–water partition coefficient (Wildman–Crippen LogP) is 0.524. The molecule has 8 heteroatoms. The SMILES string of the molecule is CNC(C(=O)Nc1ccc(CC2CC(=O)NC2=O)cc1)c1cnn(C)c1. The maximum Gasteiger partial charge on any atom is 0.246 e. The standard InChI is InChI=1S/C18H21N5O3/c1-19-16(13-9-20-23(2)10-13)18(26)21-14-5-3-11(4-6-14)7-12-8-15(24)22-17(12)25/h3-6,9-10,12,16,19H,7-8H2,1-2H3,(H,21,26)(H,22,24,25). The van der Waals surface area contributed by atoms with Gasteiger partial charge < -0.3 is 10.6 Å². The molecule has 1 aliphatic rings. The van der Waals surface area contributed by atoms with Crippen molar-refractivity contribution >= 4 is 23.4 Å². The van der Waals surface area contributed by atoms with Crippen LogP contribution in [0.5, 0.6) is 0 Å². The molecule has 1 aromatic heterocycles. The molecule has 0 aliphatic carbocycles. The minimum atomic E-state index is -0.503. The van der Waals surface area contributed by atoms with E-state index in [2.05, 4.69) is 21.0 Å². The first kappa shape index (κ1) is 17.8. The van der Waals surface area contributed by atoms with E-state index in [1.807, 2.05) is 12.1 Å². The summed E-state index contributed by atoms with van der Waals surface area (Å²) in [5.41, 5.74) is 2.38. The van der Waals surface area contributed by atoms with Gasteiger partial charge in [-0.15, -0.1) is 0 Å². The first-order chi connectivity index (χ1) is 12.5. The van der Waals surface area contributed by atoms with Gasteiger partial charge in [0.15, 0.2) is 0 Å². The number of hydrogen-bond donors (Lipinski definition) is 3. The second-order valence-corrected chi connectivity index (χ2v) is 6.37. The molecule has 0 bridgehead atoms. The molecule has 1 fully saturated rings. The first-order valence-electron chi connectivity index (χ1n) is 8.35. The first-order valence-corrected chi connectivity index (χ1v) is 8.35. The number of amides is 3. The Morgan fingerprint density at radius 2 is 2.08 bits per heavy atom. The van der Waals surface area contributed by atoms with Gasteiger partial charge in [0.2, 0.25) is 17.7 Å². The Morgan fingerprint density at radius 3 is 2.62 bits per heavy atom. The van der Waals surface area contributed by atoms with E-state index in [-0.39, 0.29) is 30.1 Å². The minimum Gasteiger partial charge on any atom is -0.324 e. The number of hydrogen-bond acceptors (Lipinski definition) is 5. The molecule has 2 atom stereocenters. The lowest BCUT2D eigenvalue weighted by Crippen LogP contribution is -2.30. The Bertz CT molecular complexity index is 828. The summed E-state index contributed by atoms with van der Waals surface area (Å²) in [7, 11) is 3.51. The van der Waals surface area contributed by atoms with Gasteiger partial charge in [0.25, 0.3) is 0 Å². The third-order valence-corrected chi connectivity index (χ3v) is 4.38. The van der Waals surface area contributed by atoms with E-state index in [4.69, 9.17) is 0 Å². The summed E-state index contributed by atoms with van der Waals surface area (Å²) in [6.45, 7) is 0. The van der Waals surface area contributed by atoms with E-state index in [9.17, 15) is 14.4 Å². The van der Waals surface area contributed by atoms with Gasteiger partial charge in [-0.1, -0.05) is 12.1 Å². The lowest BCUT2D eigenvalue weighted by atomic mass is 9.98. The zero-order valence-corrected chi connectivity index (χ0v) is 14.7. The van der Waals surface area contributed by atoms with Crippen LogP contribution in [-0.2, 0) is 27.9 Å². The molecule has 3 amide bonds. The second kappa shape index (κ2) is 7.49. The fourth-order valence-electron chi connectivity index (χ4n) is 3.03. The number of carbonyl (C=O) groups excluding carboxylic acids is 3. The van der Waals surface area contributed by atoms with E-state index in [0.717, 1.165) is 11.1 Å². The highest BCUT2D eigenvalue weighted by molar-refractivity contribution is 6.03. The van der Waals surface area contributed by atoms with Gasteiger partial charge in [-0.3, -0.25) is 24.4 Å². The molecule has 1 aromatic carbocycles. The third-order valence-electron chi connectivity index (χ3n) is 4.38. The van der Waals surface area contributed by atoms with Crippen LogP contribution in [0.15, 0.2) is 36.7 Å². The molecule has 0 spiro atoms. The third kappa shape index (κ3) is 3.97. The number of nitrogens with zero attached hydrogens (tertiary/aromatic N) is 2. The van der Waals surface area contributed by atoms with Crippen molar-refractivity contribution in [1.82, 2.24) is 20.4 Å². The smallest absolute Gasteiger partial charge is 0.246 e. The van der Waals surface area contributed by atoms with E-state index in [0.29, 0.717) is 12.1 Å². The lowest BCUT2D eigenvalue weighted by molar-refractivity contribution is -0.125. The largest absolute Gasteiger partial charge is 0.324 e. The molecule has 2 heterocycles. The Hall–Kier alpha value is -3.00. The van der Waals surface area contributed by atoms with E-state index in [1.165, 1.54) is 0 Å². The fraction of sp³-hybridized carbons (Fsp3) is 0.333. The Balaban J connectivity index is 1.62. The highest BCUT2D eigenvalue weighted by Crippen LogP contribution is 2.20. The molecule has 2 unspecified atom stereocenters. The summed E-state index contributed by atoms with van der Waals surface area (Å²) >= 11 is 0. The topological polar surface area (TPSA) is 105 Å². The molecule has 136 valence electrons. The van der Waals surface area contributed by atoms with Gasteiger partial charge in [0.1, 0.15) is 6.04 Å². The number of aryl methyl sites for hydroxylation is 1. The van der Waals surface area contributed by atoms with E-state index in [1.54, 1.807) is 43.3 Å². The molecule has 2 aromatic rings. The van der Waals surface area contributed by atoms with Gasteiger partial charge in [-0.25, -0.2) is 0 Å². The van der Waals surface area contributed by atoms with E-state index < -0.39 is 6.04 Å². The molecular weight excluding hydrogens is 334 g/mol. The molecular formula is C18H21N5O3. The van der Waals surface area contributed by atoms with Crippen LogP contribution in [0.25, 0.3) is 0 Å². The van der Waals surface area contributed by atoms with Gasteiger partial charge in [0, 0.05) is 30.9 Å². The normalized spacial score (nSPS) is 17.8. The summed E-state index contributed by atoms with van der Waals surface area (Å²) < 4.78 is 1.64. The molecule has 3 rings (SSSR count). The van der Waals surface area contributed by atoms with Gasteiger partial charge in [0.05, 0.1) is 12.1 Å². The number of benzene rings is 1. The van der Waals surface area contributed by atoms with Crippen molar-refractivity contribution in [3.05, 3.63) is 47.8 Å². The summed E-state index contributed by atoms with van der Waals surface area (Å²) in [6.07, 6.45) is 4.17. The monoisotopic (exact) mass is 355 g/mol. The number of nitrogens with one attached hydrogen (secondary N) is 3. The number of anilines is 1. The van der Waals surface area contributed by atoms with Crippen LogP contribution in [0.4, 0.5) is 5.69 Å². The highest BCUT2D eigenvalue weighted by Gasteiger charge is 2.30. The van der Waals surface area contributed by atoms with Gasteiger partial charge >= 0.3 is 0 Å². The molecule has 8 nitrogen and oxygen atoms in total. The van der Waals surface area contributed by atoms with Crippen molar-refractivity contribution in [2.45, 2.75) is 18.9 Å². The number of aromatic nitrogens is 2. The molecule has 3 N–H and O–H groups in total. The zero-order valence-electron chi connectivity index (χ0n) is 14.7. The average molecular weight is 355 g/mol. The lowest BCUT2D eigenvalue weighted by Gasteiger charge is -2.15. The van der Waals surface area contributed by atoms with Crippen molar-refractivity contribution in [3.63, 3.8) is 0 Å². The van der Waals surface area contributed by atoms with Crippen LogP contribution in [0.1, 0.15) is 23.6 Å². The predicted molar refractivity (Wildman–Crippen MR) is 95.0 cm³/mol. The Labute approximate surface area is 151 Å². The highest BCUT2D eigenvalue weighted by atomic mass is 16.2. The van der Waals surface area contributed by atoms with Crippen LogP contribution < -0.4 is 16.0 Å².